The van der Waals surface area contributed by atoms with E-state index in [1.165, 1.54) is 86.6 Å². The molecule has 0 saturated carbocycles. The summed E-state index contributed by atoms with van der Waals surface area (Å²) < 4.78 is 58.2. The van der Waals surface area contributed by atoms with Crippen LogP contribution in [-0.2, 0) is 0 Å². The monoisotopic (exact) mass is 1300 g/mol. The van der Waals surface area contributed by atoms with E-state index in [1.54, 1.807) is 16.7 Å². The van der Waals surface area contributed by atoms with Gasteiger partial charge in [0.05, 0.1) is 0 Å². The number of phenols is 3. The van der Waals surface area contributed by atoms with Gasteiger partial charge in [-0.1, -0.05) is 0 Å². The van der Waals surface area contributed by atoms with Crippen LogP contribution in [-0.4, -0.2) is 33.7 Å². The Morgan fingerprint density at radius 3 is 0.911 bits per heavy atom. The molecule has 18 nitrogen and oxygen atoms in total. The van der Waals surface area contributed by atoms with E-state index in [0.29, 0.717) is 51.2 Å². The van der Waals surface area contributed by atoms with Gasteiger partial charge in [-0.3, -0.25) is 0 Å². The Morgan fingerprint density at radius 1 is 0.311 bits per heavy atom. The van der Waals surface area contributed by atoms with Gasteiger partial charge in [0, 0.05) is 0 Å². The summed E-state index contributed by atoms with van der Waals surface area (Å²) in [5.74, 6) is 2.30. The number of aromatic hydroxyl groups is 3. The molecule has 3 unspecified atom stereocenters. The van der Waals surface area contributed by atoms with Crippen LogP contribution in [0, 0.1) is 48.5 Å². The number of nitrogens with zero attached hydrogens (tertiary/aromatic N) is 5. The van der Waals surface area contributed by atoms with Gasteiger partial charge < -0.3 is 0 Å². The molecule has 0 spiro atoms. The number of aryl methyl sites for hydroxylation is 7. The van der Waals surface area contributed by atoms with Crippen LogP contribution in [0.25, 0.3) is 0 Å². The van der Waals surface area contributed by atoms with Crippen LogP contribution < -0.4 is 46.5 Å². The van der Waals surface area contributed by atoms with Crippen molar-refractivity contribution in [3.63, 3.8) is 0 Å². The Bertz CT molecular complexity index is 4010. The van der Waals surface area contributed by atoms with Gasteiger partial charge in [-0.25, -0.2) is 0 Å². The number of rotatable bonds is 20. The number of benzene rings is 10. The van der Waals surface area contributed by atoms with Crippen molar-refractivity contribution in [2.75, 3.05) is 0 Å². The Labute approximate surface area is 528 Å². The molecule has 0 aliphatic carbocycles. The van der Waals surface area contributed by atoms with Gasteiger partial charge in [-0.05, 0) is 0 Å². The second-order valence-corrected chi connectivity index (χ2v) is 29.8. The summed E-state index contributed by atoms with van der Waals surface area (Å²) in [5, 5.41) is 33.1. The molecule has 1 aliphatic heterocycles. The van der Waals surface area contributed by atoms with Crippen LogP contribution in [0.5, 0.6) is 74.7 Å². The first kappa shape index (κ1) is 62.9. The molecular weight excluding hydrogens is 1240 g/mol. The third-order valence-electron chi connectivity index (χ3n) is 13.6. The molecule has 3 N–H and O–H groups in total. The zero-order chi connectivity index (χ0) is 62.8. The number of hydrogen-bond acceptors (Lipinski definition) is 18. The molecule has 1 aliphatic rings. The molecule has 1 heterocycles. The fourth-order valence-electron chi connectivity index (χ4n) is 8.64. The average Bonchev–Trinajstić information content (AvgIpc) is 0.709. The van der Waals surface area contributed by atoms with E-state index in [-0.39, 0.29) is 48.8 Å². The summed E-state index contributed by atoms with van der Waals surface area (Å²) in [7, 11) is -15.5. The van der Waals surface area contributed by atoms with Crippen LogP contribution in [0.2, 0.25) is 0 Å². The normalized spacial score (nSPS) is 17.5. The van der Waals surface area contributed by atoms with E-state index in [1.807, 2.05) is 206 Å². The molecule has 0 fully saturated rings. The van der Waals surface area contributed by atoms with Gasteiger partial charge >= 0.3 is 531 Å². The predicted molar refractivity (Wildman–Crippen MR) is 353 cm³/mol. The molecular formula is C67H64N5O13P5. The van der Waals surface area contributed by atoms with Gasteiger partial charge in [0.25, 0.3) is 0 Å². The molecule has 0 amide bonds. The fraction of sp³-hybridized carbons (Fsp3) is 0.104. The van der Waals surface area contributed by atoms with Gasteiger partial charge in [0.1, 0.15) is 0 Å². The second-order valence-electron chi connectivity index (χ2n) is 20.5. The average molecular weight is 1300 g/mol. The van der Waals surface area contributed by atoms with Crippen molar-refractivity contribution in [3.05, 3.63) is 282 Å². The predicted octanol–water partition coefficient (Wildman–Crippen LogP) is 19.8. The van der Waals surface area contributed by atoms with Crippen molar-refractivity contribution in [2.24, 2.45) is 4.52 Å². The maximum absolute atomic E-state index is 11.0. The van der Waals surface area contributed by atoms with Crippen molar-refractivity contribution in [1.82, 2.24) is 18.4 Å². The molecule has 0 saturated heterocycles. The van der Waals surface area contributed by atoms with Crippen LogP contribution in [0.1, 0.15) is 38.9 Å². The molecule has 0 radical (unpaired) electrons. The van der Waals surface area contributed by atoms with Gasteiger partial charge in [-0.2, -0.15) is 0 Å². The number of para-hydroxylation sites is 7. The first-order chi connectivity index (χ1) is 43.6. The minimum absolute atomic E-state index is 0.0300. The molecule has 0 aromatic heterocycles. The minimum atomic E-state index is -6.52. The Kier molecular flexibility index (Phi) is 19.5. The zero-order valence-electron chi connectivity index (χ0n) is 50.0. The van der Waals surface area contributed by atoms with Crippen LogP contribution >= 0.6 is 41.5 Å². The van der Waals surface area contributed by atoms with Crippen LogP contribution in [0.15, 0.2) is 247 Å². The van der Waals surface area contributed by atoms with Gasteiger partial charge in [0.15, 0.2) is 0 Å². The van der Waals surface area contributed by atoms with Gasteiger partial charge in [0.2, 0.25) is 0 Å². The summed E-state index contributed by atoms with van der Waals surface area (Å²) in [5.41, 5.74) is 4.94. The molecule has 460 valence electrons. The Morgan fingerprint density at radius 2 is 0.578 bits per heavy atom. The summed E-state index contributed by atoms with van der Waals surface area (Å²) in [6, 6.07) is 70.1. The SMILES string of the molecule is Cc1ccccc1ON1P=NP(Oc2ccc(O)cc2)(Oc2ccc(O)cc2)(Oc2ccc(O)cc2)N(Oc2ccccc2C)P(Oc2ccccc2C)N(Oc2ccccc2C)P(Oc2ccccc2C)N(Oc2ccccc2C)P1Oc1ccccc1C. The topological polar surface area (TPSA) is 178 Å². The number of hydrogen-bond donors (Lipinski definition) is 3. The van der Waals surface area contributed by atoms with Crippen molar-refractivity contribution in [3.8, 4) is 74.7 Å². The van der Waals surface area contributed by atoms with Gasteiger partial charge in [-0.15, -0.1) is 0 Å². The molecule has 23 heteroatoms. The summed E-state index contributed by atoms with van der Waals surface area (Å²) in [4.78, 5) is 30.3. The molecule has 11 rings (SSSR count). The molecule has 10 aromatic carbocycles. The van der Waals surface area contributed by atoms with Crippen LogP contribution in [0.4, 0.5) is 0 Å². The van der Waals surface area contributed by atoms with E-state index < -0.39 is 32.9 Å². The Hall–Kier alpha value is -8.74. The fourth-order valence-corrected chi connectivity index (χ4v) is 21.0. The summed E-state index contributed by atoms with van der Waals surface area (Å²) in [6.45, 7) is 13.4. The second kappa shape index (κ2) is 28.0. The van der Waals surface area contributed by atoms with E-state index in [0.717, 1.165) is 22.3 Å². The number of phenolic OH excluding ortho intramolecular Hbond substituents is 3. The van der Waals surface area contributed by atoms with E-state index in [2.05, 4.69) is 0 Å². The van der Waals surface area contributed by atoms with Crippen molar-refractivity contribution < 1.29 is 61.8 Å². The van der Waals surface area contributed by atoms with E-state index >= 15 is 0 Å². The first-order valence-electron chi connectivity index (χ1n) is 28.3. The Balaban J connectivity index is 1.39. The first-order valence-corrected chi connectivity index (χ1v) is 34.5. The standard InChI is InChI=1S/C67H64N5O13P5/c1-48-22-8-15-29-61(48)76-69-86-68-90(83-58-42-36-55(73)37-43-58,84-59-44-38-56(74)39-45-59,85-60-46-40-57(75)41-47-60)72(79-64-32-18-11-25-51(64)4)89(82-67-35-21-14-28-54(67)7)71(78-63-31-17-10-24-50(63)3)88(81-66-34-20-13-27-53(66)6)70(77-62-30-16-9-23-49(62)2)87(69)80-65-33-19-12-26-52(65)5/h8-47,73-75H,1-7H3. The summed E-state index contributed by atoms with van der Waals surface area (Å²) >= 11 is 0. The molecule has 0 bridgehead atoms. The van der Waals surface area contributed by atoms with Crippen molar-refractivity contribution >= 4 is 41.5 Å². The van der Waals surface area contributed by atoms with Crippen molar-refractivity contribution in [1.29, 1.82) is 0 Å². The molecule has 3 atom stereocenters. The van der Waals surface area contributed by atoms with Crippen molar-refractivity contribution in [2.45, 2.75) is 48.5 Å². The third-order valence-corrected chi connectivity index (χ3v) is 24.8. The third kappa shape index (κ3) is 14.5. The molecule has 10 aromatic rings. The van der Waals surface area contributed by atoms with E-state index in [9.17, 15) is 15.3 Å². The molecule has 90 heavy (non-hydrogen) atoms. The summed E-state index contributed by atoms with van der Waals surface area (Å²) in [6.07, 6.45) is 0. The van der Waals surface area contributed by atoms with E-state index in [4.69, 9.17) is 51.0 Å². The van der Waals surface area contributed by atoms with Crippen LogP contribution in [0.3, 0.4) is 0 Å². The quantitative estimate of drug-likeness (QED) is 0.0613. The zero-order valence-corrected chi connectivity index (χ0v) is 54.5. The maximum atomic E-state index is 11.0.